The Morgan fingerprint density at radius 3 is 2.54 bits per heavy atom. The number of nitrogens with zero attached hydrogens (tertiary/aromatic N) is 1. The van der Waals surface area contributed by atoms with Crippen LogP contribution in [-0.2, 0) is 0 Å². The summed E-state index contributed by atoms with van der Waals surface area (Å²) in [4.78, 5) is 27.2. The zero-order chi connectivity index (χ0) is 18.3. The van der Waals surface area contributed by atoms with E-state index in [1.807, 2.05) is 36.1 Å². The standard InChI is InChI=1S/C20H20ClN3O2/c1-13-5-2-3-6-14(13)19(26)24-11-9-20(10-12-24)22-17-15(18(25)23-20)7-4-8-16(17)21/h2-8,22H,9-12H2,1H3,(H,23,25). The van der Waals surface area contributed by atoms with Crippen LogP contribution in [0.5, 0.6) is 0 Å². The van der Waals surface area contributed by atoms with Crippen molar-refractivity contribution in [3.05, 3.63) is 64.2 Å². The number of carbonyl (C=O) groups is 2. The number of benzene rings is 2. The minimum atomic E-state index is -0.558. The van der Waals surface area contributed by atoms with Gasteiger partial charge in [-0.05, 0) is 30.7 Å². The fourth-order valence-corrected chi connectivity index (χ4v) is 3.94. The van der Waals surface area contributed by atoms with Gasteiger partial charge in [-0.2, -0.15) is 0 Å². The second kappa shape index (κ2) is 6.32. The van der Waals surface area contributed by atoms with Crippen molar-refractivity contribution in [2.45, 2.75) is 25.4 Å². The number of para-hydroxylation sites is 1. The average Bonchev–Trinajstić information content (AvgIpc) is 2.63. The predicted octanol–water partition coefficient (Wildman–Crippen LogP) is 3.44. The molecule has 1 fully saturated rings. The minimum absolute atomic E-state index is 0.0403. The van der Waals surface area contributed by atoms with Gasteiger partial charge in [0.1, 0.15) is 5.66 Å². The number of fused-ring (bicyclic) bond motifs is 1. The molecule has 2 aliphatic rings. The van der Waals surface area contributed by atoms with E-state index in [2.05, 4.69) is 10.6 Å². The molecule has 6 heteroatoms. The van der Waals surface area contributed by atoms with E-state index >= 15 is 0 Å². The van der Waals surface area contributed by atoms with Crippen molar-refractivity contribution in [1.29, 1.82) is 0 Å². The molecule has 2 aromatic rings. The van der Waals surface area contributed by atoms with E-state index in [1.54, 1.807) is 18.2 Å². The first-order chi connectivity index (χ1) is 12.5. The van der Waals surface area contributed by atoms with E-state index in [1.165, 1.54) is 0 Å². The van der Waals surface area contributed by atoms with Gasteiger partial charge in [0.15, 0.2) is 0 Å². The molecule has 2 heterocycles. The summed E-state index contributed by atoms with van der Waals surface area (Å²) >= 11 is 6.28. The van der Waals surface area contributed by atoms with E-state index in [9.17, 15) is 9.59 Å². The third kappa shape index (κ3) is 2.82. The van der Waals surface area contributed by atoms with Crippen molar-refractivity contribution < 1.29 is 9.59 Å². The maximum atomic E-state index is 12.8. The van der Waals surface area contributed by atoms with Gasteiger partial charge in [0.25, 0.3) is 11.8 Å². The summed E-state index contributed by atoms with van der Waals surface area (Å²) in [6.07, 6.45) is 1.25. The summed E-state index contributed by atoms with van der Waals surface area (Å²) in [6, 6.07) is 12.9. The molecular formula is C20H20ClN3O2. The number of carbonyl (C=O) groups excluding carboxylic acids is 2. The number of amides is 2. The van der Waals surface area contributed by atoms with Crippen molar-refractivity contribution in [1.82, 2.24) is 10.2 Å². The first kappa shape index (κ1) is 16.9. The molecule has 0 unspecified atom stereocenters. The monoisotopic (exact) mass is 369 g/mol. The SMILES string of the molecule is Cc1ccccc1C(=O)N1CCC2(CC1)NC(=O)c1cccc(Cl)c1N2. The Hall–Kier alpha value is -2.53. The topological polar surface area (TPSA) is 61.4 Å². The van der Waals surface area contributed by atoms with Gasteiger partial charge in [-0.15, -0.1) is 0 Å². The van der Waals surface area contributed by atoms with Crippen LogP contribution in [-0.4, -0.2) is 35.5 Å². The number of nitrogens with one attached hydrogen (secondary N) is 2. The Balaban J connectivity index is 1.52. The fourth-order valence-electron chi connectivity index (χ4n) is 3.72. The van der Waals surface area contributed by atoms with Crippen molar-refractivity contribution in [3.63, 3.8) is 0 Å². The molecule has 2 aliphatic heterocycles. The number of aryl methyl sites for hydroxylation is 1. The van der Waals surface area contributed by atoms with E-state index < -0.39 is 5.66 Å². The number of piperidine rings is 1. The summed E-state index contributed by atoms with van der Waals surface area (Å²) in [5.41, 5.74) is 2.38. The van der Waals surface area contributed by atoms with Crippen molar-refractivity contribution in [2.24, 2.45) is 0 Å². The largest absolute Gasteiger partial charge is 0.361 e. The number of hydrogen-bond donors (Lipinski definition) is 2. The van der Waals surface area contributed by atoms with Crippen LogP contribution in [0.3, 0.4) is 0 Å². The van der Waals surface area contributed by atoms with E-state index in [-0.39, 0.29) is 11.8 Å². The van der Waals surface area contributed by atoms with Crippen LogP contribution in [0.15, 0.2) is 42.5 Å². The van der Waals surface area contributed by atoms with E-state index in [0.717, 1.165) is 11.1 Å². The Kier molecular flexibility index (Phi) is 4.11. The smallest absolute Gasteiger partial charge is 0.255 e. The third-order valence-electron chi connectivity index (χ3n) is 5.26. The lowest BCUT2D eigenvalue weighted by atomic mass is 9.92. The maximum Gasteiger partial charge on any atom is 0.255 e. The van der Waals surface area contributed by atoms with Gasteiger partial charge < -0.3 is 15.5 Å². The third-order valence-corrected chi connectivity index (χ3v) is 5.57. The highest BCUT2D eigenvalue weighted by Gasteiger charge is 2.41. The average molecular weight is 370 g/mol. The lowest BCUT2D eigenvalue weighted by Crippen LogP contribution is -2.62. The predicted molar refractivity (Wildman–Crippen MR) is 102 cm³/mol. The molecule has 1 saturated heterocycles. The second-order valence-electron chi connectivity index (χ2n) is 6.93. The first-order valence-corrected chi connectivity index (χ1v) is 9.11. The van der Waals surface area contributed by atoms with Crippen LogP contribution in [0.25, 0.3) is 0 Å². The number of halogens is 1. The lowest BCUT2D eigenvalue weighted by molar-refractivity contribution is 0.0639. The molecule has 134 valence electrons. The van der Waals surface area contributed by atoms with Crippen LogP contribution in [0.1, 0.15) is 39.1 Å². The van der Waals surface area contributed by atoms with E-state index in [4.69, 9.17) is 11.6 Å². The molecule has 0 radical (unpaired) electrons. The number of likely N-dealkylation sites (tertiary alicyclic amines) is 1. The molecule has 2 N–H and O–H groups in total. The molecule has 0 saturated carbocycles. The van der Waals surface area contributed by atoms with Crippen LogP contribution < -0.4 is 10.6 Å². The molecule has 0 aliphatic carbocycles. The van der Waals surface area contributed by atoms with Gasteiger partial charge >= 0.3 is 0 Å². The molecular weight excluding hydrogens is 350 g/mol. The molecule has 0 atom stereocenters. The van der Waals surface area contributed by atoms with Gasteiger partial charge in [0, 0.05) is 31.5 Å². The highest BCUT2D eigenvalue weighted by atomic mass is 35.5. The quantitative estimate of drug-likeness (QED) is 0.809. The minimum Gasteiger partial charge on any atom is -0.361 e. The highest BCUT2D eigenvalue weighted by molar-refractivity contribution is 6.34. The molecule has 2 amide bonds. The van der Waals surface area contributed by atoms with Crippen LogP contribution in [0.2, 0.25) is 5.02 Å². The normalized spacial score (nSPS) is 18.1. The lowest BCUT2D eigenvalue weighted by Gasteiger charge is -2.46. The summed E-state index contributed by atoms with van der Waals surface area (Å²) < 4.78 is 0. The summed E-state index contributed by atoms with van der Waals surface area (Å²) in [5, 5.41) is 7.04. The zero-order valence-corrected chi connectivity index (χ0v) is 15.3. The van der Waals surface area contributed by atoms with Crippen LogP contribution >= 0.6 is 11.6 Å². The summed E-state index contributed by atoms with van der Waals surface area (Å²) in [5.74, 6) is -0.0848. The summed E-state index contributed by atoms with van der Waals surface area (Å²) in [7, 11) is 0. The Morgan fingerprint density at radius 1 is 1.08 bits per heavy atom. The van der Waals surface area contributed by atoms with Gasteiger partial charge in [-0.3, -0.25) is 9.59 Å². The highest BCUT2D eigenvalue weighted by Crippen LogP contribution is 2.36. The molecule has 1 spiro atoms. The second-order valence-corrected chi connectivity index (χ2v) is 7.34. The molecule has 5 nitrogen and oxygen atoms in total. The maximum absolute atomic E-state index is 12.8. The molecule has 2 aromatic carbocycles. The Labute approximate surface area is 157 Å². The molecule has 26 heavy (non-hydrogen) atoms. The first-order valence-electron chi connectivity index (χ1n) is 8.73. The van der Waals surface area contributed by atoms with Crippen molar-refractivity contribution >= 4 is 29.1 Å². The number of anilines is 1. The van der Waals surface area contributed by atoms with Crippen LogP contribution in [0, 0.1) is 6.92 Å². The molecule has 4 rings (SSSR count). The number of rotatable bonds is 1. The molecule has 0 aromatic heterocycles. The Morgan fingerprint density at radius 2 is 1.81 bits per heavy atom. The zero-order valence-electron chi connectivity index (χ0n) is 14.5. The van der Waals surface area contributed by atoms with Gasteiger partial charge in [0.2, 0.25) is 0 Å². The van der Waals surface area contributed by atoms with E-state index in [0.29, 0.717) is 42.2 Å². The van der Waals surface area contributed by atoms with Gasteiger partial charge in [-0.1, -0.05) is 35.9 Å². The fraction of sp³-hybridized carbons (Fsp3) is 0.300. The van der Waals surface area contributed by atoms with Crippen molar-refractivity contribution in [3.8, 4) is 0 Å². The number of hydrogen-bond acceptors (Lipinski definition) is 3. The Bertz CT molecular complexity index is 888. The molecule has 0 bridgehead atoms. The summed E-state index contributed by atoms with van der Waals surface area (Å²) in [6.45, 7) is 3.08. The van der Waals surface area contributed by atoms with Crippen molar-refractivity contribution in [2.75, 3.05) is 18.4 Å². The van der Waals surface area contributed by atoms with Gasteiger partial charge in [-0.25, -0.2) is 0 Å². The van der Waals surface area contributed by atoms with Gasteiger partial charge in [0.05, 0.1) is 16.3 Å². The van der Waals surface area contributed by atoms with Crippen LogP contribution in [0.4, 0.5) is 5.69 Å².